The highest BCUT2D eigenvalue weighted by Crippen LogP contribution is 2.28. The third-order valence-electron chi connectivity index (χ3n) is 3.88. The van der Waals surface area contributed by atoms with Crippen molar-refractivity contribution in [3.8, 4) is 0 Å². The van der Waals surface area contributed by atoms with Crippen LogP contribution in [0, 0.1) is 24.0 Å². The van der Waals surface area contributed by atoms with Gasteiger partial charge >= 0.3 is 0 Å². The van der Waals surface area contributed by atoms with Gasteiger partial charge in [0.2, 0.25) is 5.13 Å². The molecule has 0 aliphatic carbocycles. The fourth-order valence-electron chi connectivity index (χ4n) is 2.44. The summed E-state index contributed by atoms with van der Waals surface area (Å²) in [6.45, 7) is 3.28. The molecule has 0 aliphatic rings. The predicted molar refractivity (Wildman–Crippen MR) is 108 cm³/mol. The maximum atomic E-state index is 12.6. The molecule has 0 spiro atoms. The maximum Gasteiger partial charge on any atom is 0.291 e. The number of aromatic nitrogens is 2. The highest BCUT2D eigenvalue weighted by molar-refractivity contribution is 7.94. The van der Waals surface area contributed by atoms with Gasteiger partial charge in [-0.1, -0.05) is 35.1 Å². The quantitative estimate of drug-likeness (QED) is 0.345. The van der Waals surface area contributed by atoms with Crippen molar-refractivity contribution in [1.82, 2.24) is 10.2 Å². The fourth-order valence-corrected chi connectivity index (χ4v) is 4.46. The predicted octanol–water partition coefficient (Wildman–Crippen LogP) is 3.12. The van der Waals surface area contributed by atoms with Crippen molar-refractivity contribution in [3.63, 3.8) is 0 Å². The molecule has 3 aromatic rings. The number of nitrogens with zero attached hydrogens (tertiary/aromatic N) is 3. The van der Waals surface area contributed by atoms with Crippen molar-refractivity contribution in [2.75, 3.05) is 10.0 Å². The molecule has 12 heteroatoms. The monoisotopic (exact) mass is 433 g/mol. The first-order chi connectivity index (χ1) is 13.7. The highest BCUT2D eigenvalue weighted by atomic mass is 32.2. The first kappa shape index (κ1) is 20.4. The van der Waals surface area contributed by atoms with E-state index in [1.165, 1.54) is 25.1 Å². The third kappa shape index (κ3) is 4.55. The van der Waals surface area contributed by atoms with Crippen molar-refractivity contribution in [3.05, 3.63) is 69.3 Å². The molecule has 2 aromatic carbocycles. The lowest BCUT2D eigenvalue weighted by atomic mass is 10.1. The van der Waals surface area contributed by atoms with E-state index in [0.29, 0.717) is 16.9 Å². The second kappa shape index (κ2) is 7.93. The smallest absolute Gasteiger partial charge is 0.291 e. The van der Waals surface area contributed by atoms with E-state index in [1.54, 1.807) is 18.2 Å². The number of carbonyl (C=O) groups excluding carboxylic acids is 1. The summed E-state index contributed by atoms with van der Waals surface area (Å²) in [7, 11) is -4.14. The minimum absolute atomic E-state index is 0.00708. The van der Waals surface area contributed by atoms with Crippen LogP contribution in [-0.2, 0) is 10.0 Å². The minimum atomic E-state index is -4.14. The molecule has 2 N–H and O–H groups in total. The second-order valence-corrected chi connectivity index (χ2v) is 8.84. The maximum absolute atomic E-state index is 12.6. The van der Waals surface area contributed by atoms with Crippen molar-refractivity contribution in [1.29, 1.82) is 0 Å². The minimum Gasteiger partial charge on any atom is -0.296 e. The zero-order valence-corrected chi connectivity index (χ0v) is 16.9. The normalized spacial score (nSPS) is 11.1. The van der Waals surface area contributed by atoms with Gasteiger partial charge in [-0.3, -0.25) is 24.9 Å². The number of sulfonamides is 1. The largest absolute Gasteiger partial charge is 0.296 e. The summed E-state index contributed by atoms with van der Waals surface area (Å²) < 4.78 is 27.0. The summed E-state index contributed by atoms with van der Waals surface area (Å²) in [5.41, 5.74) is 1.30. The number of nitro benzene ring substituents is 1. The van der Waals surface area contributed by atoms with Crippen LogP contribution in [0.3, 0.4) is 0 Å². The van der Waals surface area contributed by atoms with Gasteiger partial charge in [-0.2, -0.15) is 8.42 Å². The molecular formula is C17H15N5O5S2. The topological polar surface area (TPSA) is 144 Å². The first-order valence-electron chi connectivity index (χ1n) is 8.16. The summed E-state index contributed by atoms with van der Waals surface area (Å²) in [5.74, 6) is -0.448. The van der Waals surface area contributed by atoms with Gasteiger partial charge in [0.05, 0.1) is 16.2 Å². The standard InChI is InChI=1S/C17H15N5O5S2/c1-10-5-3-6-12(9-10)15(23)18-16-19-20-17(28-16)29(26,27)21-13-7-4-8-14(11(13)2)22(24)25/h3-9,21H,1-2H3,(H,18,19,23). The average Bonchev–Trinajstić information content (AvgIpc) is 3.12. The third-order valence-corrected chi connectivity index (χ3v) is 6.45. The molecule has 150 valence electrons. The lowest BCUT2D eigenvalue weighted by molar-refractivity contribution is -0.385. The number of rotatable bonds is 6. The number of aryl methyl sites for hydroxylation is 1. The summed E-state index contributed by atoms with van der Waals surface area (Å²) in [6, 6.07) is 10.9. The number of benzene rings is 2. The SMILES string of the molecule is Cc1cccc(C(=O)Nc2nnc(S(=O)(=O)Nc3cccc([N+](=O)[O-])c3C)s2)c1. The van der Waals surface area contributed by atoms with Crippen LogP contribution in [0.25, 0.3) is 0 Å². The van der Waals surface area contributed by atoms with Gasteiger partial charge < -0.3 is 0 Å². The Morgan fingerprint density at radius 3 is 2.55 bits per heavy atom. The number of carbonyl (C=O) groups is 1. The first-order valence-corrected chi connectivity index (χ1v) is 10.5. The molecule has 10 nitrogen and oxygen atoms in total. The Morgan fingerprint density at radius 2 is 1.86 bits per heavy atom. The molecule has 0 saturated carbocycles. The van der Waals surface area contributed by atoms with E-state index in [0.717, 1.165) is 5.56 Å². The number of amides is 1. The molecular weight excluding hydrogens is 418 g/mol. The molecule has 29 heavy (non-hydrogen) atoms. The number of hydrogen-bond donors (Lipinski definition) is 2. The number of nitro groups is 1. The van der Waals surface area contributed by atoms with Gasteiger partial charge in [0.15, 0.2) is 0 Å². The molecule has 0 bridgehead atoms. The van der Waals surface area contributed by atoms with Crippen molar-refractivity contribution in [2.45, 2.75) is 18.2 Å². The number of anilines is 2. The van der Waals surface area contributed by atoms with Crippen molar-refractivity contribution >= 4 is 43.8 Å². The average molecular weight is 433 g/mol. The van der Waals surface area contributed by atoms with E-state index in [-0.39, 0.29) is 26.4 Å². The van der Waals surface area contributed by atoms with E-state index < -0.39 is 20.9 Å². The van der Waals surface area contributed by atoms with Gasteiger partial charge in [-0.25, -0.2) is 0 Å². The zero-order chi connectivity index (χ0) is 21.2. The molecule has 0 radical (unpaired) electrons. The summed E-state index contributed by atoms with van der Waals surface area (Å²) in [5, 5.41) is 20.8. The van der Waals surface area contributed by atoms with Gasteiger partial charge in [-0.15, -0.1) is 10.2 Å². The summed E-state index contributed by atoms with van der Waals surface area (Å²) in [6.07, 6.45) is 0. The second-order valence-electron chi connectivity index (χ2n) is 6.01. The summed E-state index contributed by atoms with van der Waals surface area (Å²) in [4.78, 5) is 22.7. The molecule has 0 aliphatic heterocycles. The molecule has 0 saturated heterocycles. The summed E-state index contributed by atoms with van der Waals surface area (Å²) >= 11 is 0.664. The van der Waals surface area contributed by atoms with Crippen LogP contribution in [0.2, 0.25) is 0 Å². The van der Waals surface area contributed by atoms with E-state index in [1.807, 2.05) is 13.0 Å². The van der Waals surface area contributed by atoms with Gasteiger partial charge in [0, 0.05) is 11.6 Å². The Bertz CT molecular complexity index is 1210. The lowest BCUT2D eigenvalue weighted by Crippen LogP contribution is -2.14. The van der Waals surface area contributed by atoms with Crippen LogP contribution in [0.4, 0.5) is 16.5 Å². The van der Waals surface area contributed by atoms with E-state index in [2.05, 4.69) is 20.2 Å². The molecule has 0 unspecified atom stereocenters. The lowest BCUT2D eigenvalue weighted by Gasteiger charge is -2.08. The molecule has 1 heterocycles. The van der Waals surface area contributed by atoms with Crippen LogP contribution in [0.1, 0.15) is 21.5 Å². The van der Waals surface area contributed by atoms with Crippen molar-refractivity contribution < 1.29 is 18.1 Å². The van der Waals surface area contributed by atoms with Crippen molar-refractivity contribution in [2.24, 2.45) is 0 Å². The Labute approximate surface area is 169 Å². The van der Waals surface area contributed by atoms with Gasteiger partial charge in [0.25, 0.3) is 26.0 Å². The fraction of sp³-hybridized carbons (Fsp3) is 0.118. The highest BCUT2D eigenvalue weighted by Gasteiger charge is 2.24. The Kier molecular flexibility index (Phi) is 5.57. The van der Waals surface area contributed by atoms with Crippen LogP contribution < -0.4 is 10.0 Å². The molecule has 3 rings (SSSR count). The molecule has 0 fully saturated rings. The van der Waals surface area contributed by atoms with Crippen LogP contribution in [-0.4, -0.2) is 29.4 Å². The van der Waals surface area contributed by atoms with Gasteiger partial charge in [-0.05, 0) is 32.0 Å². The van der Waals surface area contributed by atoms with E-state index in [4.69, 9.17) is 0 Å². The molecule has 1 aromatic heterocycles. The van der Waals surface area contributed by atoms with E-state index in [9.17, 15) is 23.3 Å². The Morgan fingerprint density at radius 1 is 1.14 bits per heavy atom. The van der Waals surface area contributed by atoms with Gasteiger partial charge in [0.1, 0.15) is 0 Å². The Hall–Kier alpha value is -3.38. The molecule has 0 atom stereocenters. The zero-order valence-electron chi connectivity index (χ0n) is 15.2. The number of nitrogens with one attached hydrogen (secondary N) is 2. The van der Waals surface area contributed by atoms with Crippen LogP contribution in [0.5, 0.6) is 0 Å². The van der Waals surface area contributed by atoms with E-state index >= 15 is 0 Å². The number of hydrogen-bond acceptors (Lipinski definition) is 8. The van der Waals surface area contributed by atoms with Crippen LogP contribution in [0.15, 0.2) is 46.8 Å². The Balaban J connectivity index is 1.80. The van der Waals surface area contributed by atoms with Crippen LogP contribution >= 0.6 is 11.3 Å². The molecule has 1 amide bonds.